The quantitative estimate of drug-likeness (QED) is 0.697. The molecule has 2 rings (SSSR count). The lowest BCUT2D eigenvalue weighted by Gasteiger charge is -2.25. The monoisotopic (exact) mass is 291 g/mol. The molecule has 1 aliphatic heterocycles. The fourth-order valence-electron chi connectivity index (χ4n) is 2.08. The molecule has 1 aliphatic rings. The van der Waals surface area contributed by atoms with Crippen LogP contribution >= 0.6 is 0 Å². The Morgan fingerprint density at radius 3 is 2.62 bits per heavy atom. The zero-order valence-electron chi connectivity index (χ0n) is 12.9. The molecule has 2 N–H and O–H groups in total. The van der Waals surface area contributed by atoms with Crippen molar-refractivity contribution in [3.05, 3.63) is 29.8 Å². The minimum absolute atomic E-state index is 0.137. The summed E-state index contributed by atoms with van der Waals surface area (Å²) in [5.74, 6) is 1.16. The van der Waals surface area contributed by atoms with E-state index in [1.54, 1.807) is 0 Å². The minimum atomic E-state index is 0.137. The highest BCUT2D eigenvalue weighted by molar-refractivity contribution is 5.79. The second kappa shape index (κ2) is 8.00. The van der Waals surface area contributed by atoms with Crippen LogP contribution in [0.3, 0.4) is 0 Å². The van der Waals surface area contributed by atoms with Gasteiger partial charge in [0.2, 0.25) is 5.91 Å². The molecule has 1 amide bonds. The van der Waals surface area contributed by atoms with Crippen LogP contribution in [-0.2, 0) is 11.3 Å². The average Bonchev–Trinajstić information content (AvgIpc) is 2.40. The van der Waals surface area contributed by atoms with Gasteiger partial charge in [-0.25, -0.2) is 0 Å². The molecule has 5 nitrogen and oxygen atoms in total. The van der Waals surface area contributed by atoms with Crippen molar-refractivity contribution < 1.29 is 9.53 Å². The lowest BCUT2D eigenvalue weighted by atomic mass is 10.0. The van der Waals surface area contributed by atoms with E-state index in [1.807, 2.05) is 24.3 Å². The lowest BCUT2D eigenvalue weighted by molar-refractivity contribution is -0.126. The van der Waals surface area contributed by atoms with E-state index in [2.05, 4.69) is 29.6 Å². The molecule has 0 spiro atoms. The smallest absolute Gasteiger partial charge is 0.225 e. The summed E-state index contributed by atoms with van der Waals surface area (Å²) in [6.45, 7) is 3.93. The van der Waals surface area contributed by atoms with Crippen LogP contribution in [0.1, 0.15) is 12.0 Å². The zero-order chi connectivity index (χ0) is 15.1. The number of carbonyl (C=O) groups is 1. The van der Waals surface area contributed by atoms with Gasteiger partial charge in [0, 0.05) is 26.2 Å². The van der Waals surface area contributed by atoms with Crippen LogP contribution in [0.15, 0.2) is 24.3 Å². The molecule has 0 aliphatic carbocycles. The number of amides is 1. The van der Waals surface area contributed by atoms with Crippen LogP contribution < -0.4 is 15.4 Å². The Morgan fingerprint density at radius 1 is 1.33 bits per heavy atom. The Labute approximate surface area is 126 Å². The van der Waals surface area contributed by atoms with E-state index in [0.717, 1.165) is 44.0 Å². The highest BCUT2D eigenvalue weighted by Gasteiger charge is 2.24. The number of rotatable bonds is 8. The van der Waals surface area contributed by atoms with Gasteiger partial charge >= 0.3 is 0 Å². The van der Waals surface area contributed by atoms with Gasteiger partial charge in [0.25, 0.3) is 0 Å². The van der Waals surface area contributed by atoms with Crippen molar-refractivity contribution in [2.45, 2.75) is 13.0 Å². The van der Waals surface area contributed by atoms with Gasteiger partial charge in [-0.1, -0.05) is 12.1 Å². The third-order valence-electron chi connectivity index (χ3n) is 3.56. The number of nitrogens with one attached hydrogen (secondary N) is 2. The van der Waals surface area contributed by atoms with Gasteiger partial charge in [0.1, 0.15) is 5.75 Å². The maximum atomic E-state index is 11.7. The molecule has 0 atom stereocenters. The third-order valence-corrected chi connectivity index (χ3v) is 3.56. The second-order valence-corrected chi connectivity index (χ2v) is 5.72. The number of benzene rings is 1. The summed E-state index contributed by atoms with van der Waals surface area (Å²) >= 11 is 0. The summed E-state index contributed by atoms with van der Waals surface area (Å²) in [4.78, 5) is 13.9. The molecular formula is C16H25N3O2. The molecule has 0 bridgehead atoms. The first-order valence-corrected chi connectivity index (χ1v) is 7.50. The van der Waals surface area contributed by atoms with E-state index < -0.39 is 0 Å². The second-order valence-electron chi connectivity index (χ2n) is 5.72. The Morgan fingerprint density at radius 2 is 2.05 bits per heavy atom. The Kier molecular flexibility index (Phi) is 6.02. The number of ether oxygens (including phenoxy) is 1. The van der Waals surface area contributed by atoms with Crippen molar-refractivity contribution >= 4 is 5.91 Å². The van der Waals surface area contributed by atoms with Gasteiger partial charge in [0.05, 0.1) is 12.5 Å². The minimum Gasteiger partial charge on any atom is -0.494 e. The summed E-state index contributed by atoms with van der Waals surface area (Å²) in [5.41, 5.74) is 1.09. The third kappa shape index (κ3) is 5.36. The molecule has 0 aromatic heterocycles. The first-order chi connectivity index (χ1) is 10.1. The topological polar surface area (TPSA) is 53.6 Å². The molecule has 0 saturated carbocycles. The van der Waals surface area contributed by atoms with Crippen molar-refractivity contribution in [2.75, 3.05) is 40.3 Å². The van der Waals surface area contributed by atoms with Gasteiger partial charge < -0.3 is 20.3 Å². The summed E-state index contributed by atoms with van der Waals surface area (Å²) in [6, 6.07) is 7.92. The molecule has 1 aromatic rings. The fourth-order valence-corrected chi connectivity index (χ4v) is 2.08. The molecule has 5 heteroatoms. The molecule has 1 saturated heterocycles. The highest BCUT2D eigenvalue weighted by Crippen LogP contribution is 2.12. The SMILES string of the molecule is CN(C)CCCOc1ccc(CNC(=O)C2CNC2)cc1. The Bertz CT molecular complexity index is 441. The van der Waals surface area contributed by atoms with Gasteiger partial charge in [-0.2, -0.15) is 0 Å². The van der Waals surface area contributed by atoms with Gasteiger partial charge in [-0.15, -0.1) is 0 Å². The highest BCUT2D eigenvalue weighted by atomic mass is 16.5. The van der Waals surface area contributed by atoms with Crippen LogP contribution in [0, 0.1) is 5.92 Å². The van der Waals surface area contributed by atoms with Crippen molar-refractivity contribution in [3.63, 3.8) is 0 Å². The molecular weight excluding hydrogens is 266 g/mol. The predicted molar refractivity (Wildman–Crippen MR) is 83.3 cm³/mol. The van der Waals surface area contributed by atoms with E-state index in [9.17, 15) is 4.79 Å². The number of nitrogens with zero attached hydrogens (tertiary/aromatic N) is 1. The summed E-state index contributed by atoms with van der Waals surface area (Å²) < 4.78 is 5.68. The average molecular weight is 291 g/mol. The van der Waals surface area contributed by atoms with E-state index in [1.165, 1.54) is 0 Å². The summed E-state index contributed by atoms with van der Waals surface area (Å²) in [7, 11) is 4.12. The maximum absolute atomic E-state index is 11.7. The van der Waals surface area contributed by atoms with Crippen LogP contribution in [-0.4, -0.2) is 51.1 Å². The van der Waals surface area contributed by atoms with Crippen LogP contribution in [0.5, 0.6) is 5.75 Å². The van der Waals surface area contributed by atoms with Gasteiger partial charge in [-0.05, 0) is 38.2 Å². The van der Waals surface area contributed by atoms with Crippen LogP contribution in [0.4, 0.5) is 0 Å². The van der Waals surface area contributed by atoms with Gasteiger partial charge in [0.15, 0.2) is 0 Å². The predicted octanol–water partition coefficient (Wildman–Crippen LogP) is 0.853. The van der Waals surface area contributed by atoms with E-state index >= 15 is 0 Å². The van der Waals surface area contributed by atoms with Crippen molar-refractivity contribution in [1.29, 1.82) is 0 Å². The molecule has 1 fully saturated rings. The molecule has 1 heterocycles. The van der Waals surface area contributed by atoms with Crippen LogP contribution in [0.2, 0.25) is 0 Å². The number of hydrogen-bond acceptors (Lipinski definition) is 4. The number of carbonyl (C=O) groups excluding carboxylic acids is 1. The molecule has 1 aromatic carbocycles. The largest absolute Gasteiger partial charge is 0.494 e. The summed E-state index contributed by atoms with van der Waals surface area (Å²) in [5, 5.41) is 6.06. The molecule has 0 unspecified atom stereocenters. The first-order valence-electron chi connectivity index (χ1n) is 7.50. The lowest BCUT2D eigenvalue weighted by Crippen LogP contribution is -2.50. The standard InChI is InChI=1S/C16H25N3O2/c1-19(2)8-3-9-21-15-6-4-13(5-7-15)10-18-16(20)14-11-17-12-14/h4-7,14,17H,3,8-12H2,1-2H3,(H,18,20). The Hall–Kier alpha value is -1.59. The summed E-state index contributed by atoms with van der Waals surface area (Å²) in [6.07, 6.45) is 1.01. The maximum Gasteiger partial charge on any atom is 0.225 e. The van der Waals surface area contributed by atoms with E-state index in [-0.39, 0.29) is 11.8 Å². The number of hydrogen-bond donors (Lipinski definition) is 2. The van der Waals surface area contributed by atoms with E-state index in [0.29, 0.717) is 6.54 Å². The first kappa shape index (κ1) is 15.8. The molecule has 116 valence electrons. The van der Waals surface area contributed by atoms with Crippen molar-refractivity contribution in [1.82, 2.24) is 15.5 Å². The van der Waals surface area contributed by atoms with Crippen molar-refractivity contribution in [2.24, 2.45) is 5.92 Å². The van der Waals surface area contributed by atoms with Crippen LogP contribution in [0.25, 0.3) is 0 Å². The normalized spacial score (nSPS) is 14.8. The van der Waals surface area contributed by atoms with E-state index in [4.69, 9.17) is 4.74 Å². The Balaban J connectivity index is 1.67. The molecule has 0 radical (unpaired) electrons. The molecule has 21 heavy (non-hydrogen) atoms. The zero-order valence-corrected chi connectivity index (χ0v) is 12.9. The van der Waals surface area contributed by atoms with Crippen molar-refractivity contribution in [3.8, 4) is 5.75 Å². The van der Waals surface area contributed by atoms with Gasteiger partial charge in [-0.3, -0.25) is 4.79 Å². The fraction of sp³-hybridized carbons (Fsp3) is 0.562.